The van der Waals surface area contributed by atoms with Gasteiger partial charge in [0, 0.05) is 24.1 Å². The molecule has 1 fully saturated rings. The summed E-state index contributed by atoms with van der Waals surface area (Å²) < 4.78 is 0. The van der Waals surface area contributed by atoms with Crippen LogP contribution in [-0.4, -0.2) is 44.0 Å². The van der Waals surface area contributed by atoms with Crippen LogP contribution in [0, 0.1) is 5.92 Å². The lowest BCUT2D eigenvalue weighted by Crippen LogP contribution is -2.40. The highest BCUT2D eigenvalue weighted by Gasteiger charge is 2.25. The maximum Gasteiger partial charge on any atom is 0.182 e. The summed E-state index contributed by atoms with van der Waals surface area (Å²) in [5.74, 6) is 2.84. The maximum atomic E-state index is 4.43. The molecular weight excluding hydrogens is 246 g/mol. The number of hydrogen-bond donors (Lipinski definition) is 1. The van der Waals surface area contributed by atoms with Crippen molar-refractivity contribution in [3.8, 4) is 0 Å². The van der Waals surface area contributed by atoms with Crippen molar-refractivity contribution >= 4 is 28.7 Å². The number of aromatic amines is 1. The van der Waals surface area contributed by atoms with E-state index in [2.05, 4.69) is 50.4 Å². The van der Waals surface area contributed by atoms with Gasteiger partial charge in [-0.1, -0.05) is 13.8 Å². The molecule has 0 amide bonds. The van der Waals surface area contributed by atoms with E-state index in [-0.39, 0.29) is 0 Å². The lowest BCUT2D eigenvalue weighted by molar-refractivity contribution is 0.581. The second-order valence-electron chi connectivity index (χ2n) is 4.90. The van der Waals surface area contributed by atoms with Crippen molar-refractivity contribution < 1.29 is 0 Å². The van der Waals surface area contributed by atoms with Gasteiger partial charge in [0.15, 0.2) is 11.5 Å². The van der Waals surface area contributed by atoms with E-state index in [4.69, 9.17) is 0 Å². The Hall–Kier alpha value is -1.30. The van der Waals surface area contributed by atoms with E-state index >= 15 is 0 Å². The Morgan fingerprint density at radius 3 is 3.11 bits per heavy atom. The lowest BCUT2D eigenvalue weighted by Gasteiger charge is -2.35. The first-order valence-electron chi connectivity index (χ1n) is 6.26. The summed E-state index contributed by atoms with van der Waals surface area (Å²) in [4.78, 5) is 18.3. The number of imidazole rings is 1. The Balaban J connectivity index is 1.92. The third kappa shape index (κ3) is 2.05. The summed E-state index contributed by atoms with van der Waals surface area (Å²) in [6.07, 6.45) is 3.28. The first-order valence-corrected chi connectivity index (χ1v) is 7.31. The van der Waals surface area contributed by atoms with E-state index in [1.807, 2.05) is 0 Å². The molecule has 0 saturated carbocycles. The van der Waals surface area contributed by atoms with Gasteiger partial charge in [0.1, 0.15) is 11.8 Å². The molecule has 0 radical (unpaired) electrons. The van der Waals surface area contributed by atoms with Gasteiger partial charge in [-0.25, -0.2) is 15.0 Å². The van der Waals surface area contributed by atoms with E-state index in [9.17, 15) is 0 Å². The van der Waals surface area contributed by atoms with Gasteiger partial charge in [-0.2, -0.15) is 11.8 Å². The Bertz CT molecular complexity index is 538. The third-order valence-electron chi connectivity index (χ3n) is 3.34. The lowest BCUT2D eigenvalue weighted by atomic mass is 10.1. The highest BCUT2D eigenvalue weighted by atomic mass is 32.2. The van der Waals surface area contributed by atoms with Gasteiger partial charge in [-0.3, -0.25) is 0 Å². The van der Waals surface area contributed by atoms with Gasteiger partial charge >= 0.3 is 0 Å². The Labute approximate surface area is 110 Å². The number of hydrogen-bond acceptors (Lipinski definition) is 5. The normalized spacial score (nSPS) is 20.8. The number of nitrogens with one attached hydrogen (secondary N) is 1. The number of thioether (sulfide) groups is 1. The summed E-state index contributed by atoms with van der Waals surface area (Å²) in [7, 11) is 0. The smallest absolute Gasteiger partial charge is 0.182 e. The molecule has 1 saturated heterocycles. The van der Waals surface area contributed by atoms with Crippen molar-refractivity contribution in [2.45, 2.75) is 19.1 Å². The number of aromatic nitrogens is 4. The van der Waals surface area contributed by atoms with Gasteiger partial charge in [-0.05, 0) is 5.92 Å². The SMILES string of the molecule is CC(C)[C@@H]1CN(c2ncnc3nc[nH]c23)CCS1. The molecule has 96 valence electrons. The molecule has 1 N–H and O–H groups in total. The van der Waals surface area contributed by atoms with Gasteiger partial charge in [0.05, 0.1) is 6.33 Å². The van der Waals surface area contributed by atoms with Gasteiger partial charge in [0.25, 0.3) is 0 Å². The second-order valence-corrected chi connectivity index (χ2v) is 6.24. The van der Waals surface area contributed by atoms with Crippen molar-refractivity contribution in [3.63, 3.8) is 0 Å². The van der Waals surface area contributed by atoms with Gasteiger partial charge in [0.2, 0.25) is 0 Å². The molecule has 0 unspecified atom stereocenters. The van der Waals surface area contributed by atoms with Crippen LogP contribution in [0.15, 0.2) is 12.7 Å². The maximum absolute atomic E-state index is 4.43. The molecule has 0 spiro atoms. The summed E-state index contributed by atoms with van der Waals surface area (Å²) in [6.45, 7) is 6.66. The largest absolute Gasteiger partial charge is 0.353 e. The van der Waals surface area contributed by atoms with Gasteiger partial charge < -0.3 is 9.88 Å². The van der Waals surface area contributed by atoms with Crippen molar-refractivity contribution in [3.05, 3.63) is 12.7 Å². The van der Waals surface area contributed by atoms with Crippen LogP contribution in [0.2, 0.25) is 0 Å². The number of anilines is 1. The van der Waals surface area contributed by atoms with Crippen molar-refractivity contribution in [2.24, 2.45) is 5.92 Å². The first-order chi connectivity index (χ1) is 8.75. The zero-order chi connectivity index (χ0) is 12.5. The van der Waals surface area contributed by atoms with E-state index in [1.165, 1.54) is 0 Å². The zero-order valence-corrected chi connectivity index (χ0v) is 11.4. The summed E-state index contributed by atoms with van der Waals surface area (Å²) in [5, 5.41) is 0.673. The Kier molecular flexibility index (Phi) is 3.11. The minimum absolute atomic E-state index is 0.673. The molecule has 3 rings (SSSR count). The molecule has 0 aliphatic carbocycles. The predicted molar refractivity (Wildman–Crippen MR) is 75.0 cm³/mol. The predicted octanol–water partition coefficient (Wildman–Crippen LogP) is 1.93. The molecule has 1 atom stereocenters. The first kappa shape index (κ1) is 11.8. The van der Waals surface area contributed by atoms with Crippen LogP contribution in [0.1, 0.15) is 13.8 Å². The molecule has 6 heteroatoms. The molecule has 18 heavy (non-hydrogen) atoms. The molecule has 0 aromatic carbocycles. The average Bonchev–Trinajstić information content (AvgIpc) is 2.87. The highest BCUT2D eigenvalue weighted by molar-refractivity contribution is 8.00. The standard InChI is InChI=1S/C12H17N5S/c1-8(2)9-5-17(3-4-18-9)12-10-11(14-6-13-10)15-7-16-12/h6-9H,3-5H2,1-2H3,(H,13,14,15,16)/t9-/m0/s1. The molecule has 2 aromatic rings. The second kappa shape index (κ2) is 4.76. The van der Waals surface area contributed by atoms with Crippen molar-refractivity contribution in [1.29, 1.82) is 0 Å². The molecular formula is C12H17N5S. The fraction of sp³-hybridized carbons (Fsp3) is 0.583. The molecule has 2 aromatic heterocycles. The molecule has 5 nitrogen and oxygen atoms in total. The summed E-state index contributed by atoms with van der Waals surface area (Å²) in [6, 6.07) is 0. The van der Waals surface area contributed by atoms with E-state index in [1.54, 1.807) is 12.7 Å². The third-order valence-corrected chi connectivity index (χ3v) is 4.88. The Morgan fingerprint density at radius 2 is 2.28 bits per heavy atom. The van der Waals surface area contributed by atoms with E-state index in [0.717, 1.165) is 35.8 Å². The number of H-pyrrole nitrogens is 1. The minimum Gasteiger partial charge on any atom is -0.353 e. The van der Waals surface area contributed by atoms with Gasteiger partial charge in [-0.15, -0.1) is 0 Å². The van der Waals surface area contributed by atoms with Crippen molar-refractivity contribution in [2.75, 3.05) is 23.7 Å². The van der Waals surface area contributed by atoms with Crippen LogP contribution >= 0.6 is 11.8 Å². The number of nitrogens with zero attached hydrogens (tertiary/aromatic N) is 4. The zero-order valence-electron chi connectivity index (χ0n) is 10.6. The summed E-state index contributed by atoms with van der Waals surface area (Å²) >= 11 is 2.07. The van der Waals surface area contributed by atoms with E-state index in [0.29, 0.717) is 11.2 Å². The van der Waals surface area contributed by atoms with Crippen LogP contribution < -0.4 is 4.90 Å². The van der Waals surface area contributed by atoms with Crippen LogP contribution in [0.4, 0.5) is 5.82 Å². The average molecular weight is 263 g/mol. The number of rotatable bonds is 2. The van der Waals surface area contributed by atoms with Crippen LogP contribution in [0.5, 0.6) is 0 Å². The monoisotopic (exact) mass is 263 g/mol. The van der Waals surface area contributed by atoms with Crippen LogP contribution in [-0.2, 0) is 0 Å². The minimum atomic E-state index is 0.673. The molecule has 3 heterocycles. The van der Waals surface area contributed by atoms with Crippen LogP contribution in [0.25, 0.3) is 11.2 Å². The fourth-order valence-corrected chi connectivity index (χ4v) is 3.56. The molecule has 1 aliphatic heterocycles. The number of fused-ring (bicyclic) bond motifs is 1. The highest BCUT2D eigenvalue weighted by Crippen LogP contribution is 2.29. The van der Waals surface area contributed by atoms with Crippen molar-refractivity contribution in [1.82, 2.24) is 19.9 Å². The quantitative estimate of drug-likeness (QED) is 0.897. The van der Waals surface area contributed by atoms with E-state index < -0.39 is 0 Å². The summed E-state index contributed by atoms with van der Waals surface area (Å²) in [5.41, 5.74) is 1.70. The fourth-order valence-electron chi connectivity index (χ4n) is 2.26. The topological polar surface area (TPSA) is 57.7 Å². The molecule has 1 aliphatic rings. The Morgan fingerprint density at radius 1 is 1.39 bits per heavy atom. The van der Waals surface area contributed by atoms with Crippen LogP contribution in [0.3, 0.4) is 0 Å². The molecule has 0 bridgehead atoms.